The summed E-state index contributed by atoms with van der Waals surface area (Å²) in [6, 6.07) is 0.607. The molecule has 22 heavy (non-hydrogen) atoms. The number of hydrogen-bond donors (Lipinski definition) is 0. The molecule has 2 unspecified atom stereocenters. The van der Waals surface area contributed by atoms with Gasteiger partial charge in [-0.15, -0.1) is 0 Å². The molecular formula is C15H22N6O. The topological polar surface area (TPSA) is 72.9 Å². The molecule has 3 heterocycles. The van der Waals surface area contributed by atoms with Gasteiger partial charge in [-0.05, 0) is 39.2 Å². The number of hydrogen-bond acceptors (Lipinski definition) is 6. The van der Waals surface area contributed by atoms with Gasteiger partial charge in [0, 0.05) is 12.0 Å². The van der Waals surface area contributed by atoms with Crippen molar-refractivity contribution in [3.8, 4) is 0 Å². The molecule has 0 radical (unpaired) electrons. The molecule has 118 valence electrons. The summed E-state index contributed by atoms with van der Waals surface area (Å²) < 4.78 is 7.44. The Labute approximate surface area is 129 Å². The molecule has 4 rings (SSSR count). The van der Waals surface area contributed by atoms with E-state index in [2.05, 4.69) is 32.0 Å². The minimum absolute atomic E-state index is 0.161. The molecule has 1 saturated carbocycles. The summed E-state index contributed by atoms with van der Waals surface area (Å²) in [5, 5.41) is 8.39. The van der Waals surface area contributed by atoms with E-state index in [1.54, 1.807) is 12.7 Å². The van der Waals surface area contributed by atoms with Crippen molar-refractivity contribution in [3.63, 3.8) is 0 Å². The first-order valence-corrected chi connectivity index (χ1v) is 8.23. The zero-order valence-electron chi connectivity index (χ0n) is 12.9. The number of nitrogens with zero attached hydrogens (tertiary/aromatic N) is 6. The van der Waals surface area contributed by atoms with Crippen LogP contribution in [0.4, 0.5) is 0 Å². The summed E-state index contributed by atoms with van der Waals surface area (Å²) in [6.07, 6.45) is 9.44. The monoisotopic (exact) mass is 302 g/mol. The molecular weight excluding hydrogens is 280 g/mol. The van der Waals surface area contributed by atoms with Gasteiger partial charge in [0.1, 0.15) is 12.7 Å². The van der Waals surface area contributed by atoms with Crippen LogP contribution in [0.3, 0.4) is 0 Å². The highest BCUT2D eigenvalue weighted by atomic mass is 16.5. The van der Waals surface area contributed by atoms with E-state index in [1.807, 2.05) is 4.68 Å². The second-order valence-electron chi connectivity index (χ2n) is 6.45. The SMILES string of the molecule is CC(c1nc(C2CC2)no1)N1CCCCC1Cn1cncn1. The first kappa shape index (κ1) is 13.9. The van der Waals surface area contributed by atoms with Gasteiger partial charge in [-0.3, -0.25) is 9.58 Å². The lowest BCUT2D eigenvalue weighted by Crippen LogP contribution is -2.43. The molecule has 0 bridgehead atoms. The largest absolute Gasteiger partial charge is 0.338 e. The van der Waals surface area contributed by atoms with E-state index in [-0.39, 0.29) is 6.04 Å². The molecule has 2 aliphatic rings. The van der Waals surface area contributed by atoms with E-state index < -0.39 is 0 Å². The van der Waals surface area contributed by atoms with Crippen molar-refractivity contribution < 1.29 is 4.52 Å². The lowest BCUT2D eigenvalue weighted by molar-refractivity contribution is 0.0719. The Morgan fingerprint density at radius 3 is 3.00 bits per heavy atom. The van der Waals surface area contributed by atoms with Crippen molar-refractivity contribution in [3.05, 3.63) is 24.4 Å². The molecule has 2 aromatic rings. The zero-order chi connectivity index (χ0) is 14.9. The van der Waals surface area contributed by atoms with Crippen LogP contribution in [-0.2, 0) is 6.54 Å². The third kappa shape index (κ3) is 2.77. The number of aromatic nitrogens is 5. The van der Waals surface area contributed by atoms with Crippen molar-refractivity contribution in [2.75, 3.05) is 6.54 Å². The molecule has 0 spiro atoms. The van der Waals surface area contributed by atoms with Crippen LogP contribution in [-0.4, -0.2) is 42.4 Å². The normalized spacial score (nSPS) is 24.5. The maximum atomic E-state index is 5.53. The van der Waals surface area contributed by atoms with Gasteiger partial charge in [0.25, 0.3) is 0 Å². The van der Waals surface area contributed by atoms with Crippen LogP contribution < -0.4 is 0 Å². The lowest BCUT2D eigenvalue weighted by Gasteiger charge is -2.38. The van der Waals surface area contributed by atoms with E-state index in [9.17, 15) is 0 Å². The van der Waals surface area contributed by atoms with Gasteiger partial charge in [0.15, 0.2) is 5.82 Å². The summed E-state index contributed by atoms with van der Waals surface area (Å²) in [7, 11) is 0. The molecule has 2 atom stereocenters. The third-order valence-corrected chi connectivity index (χ3v) is 4.79. The maximum absolute atomic E-state index is 5.53. The standard InChI is InChI=1S/C15H22N6O/c1-11(15-18-14(19-22-15)12-5-6-12)21-7-3-2-4-13(21)8-20-10-16-9-17-20/h9-13H,2-8H2,1H3. The van der Waals surface area contributed by atoms with E-state index >= 15 is 0 Å². The van der Waals surface area contributed by atoms with E-state index in [0.29, 0.717) is 12.0 Å². The molecule has 2 aromatic heterocycles. The van der Waals surface area contributed by atoms with Crippen LogP contribution >= 0.6 is 0 Å². The molecule has 7 heteroatoms. The summed E-state index contributed by atoms with van der Waals surface area (Å²) >= 11 is 0. The number of piperidine rings is 1. The van der Waals surface area contributed by atoms with E-state index in [4.69, 9.17) is 4.52 Å². The highest BCUT2D eigenvalue weighted by Crippen LogP contribution is 2.39. The van der Waals surface area contributed by atoms with Crippen LogP contribution in [0.1, 0.15) is 62.7 Å². The van der Waals surface area contributed by atoms with Gasteiger partial charge in [-0.2, -0.15) is 10.1 Å². The Bertz CT molecular complexity index is 605. The fourth-order valence-electron chi connectivity index (χ4n) is 3.34. The summed E-state index contributed by atoms with van der Waals surface area (Å²) in [4.78, 5) is 11.1. The molecule has 0 aromatic carbocycles. The molecule has 0 amide bonds. The molecule has 2 fully saturated rings. The van der Waals surface area contributed by atoms with Crippen molar-refractivity contribution in [1.82, 2.24) is 29.8 Å². The minimum atomic E-state index is 0.161. The smallest absolute Gasteiger partial charge is 0.243 e. The minimum Gasteiger partial charge on any atom is -0.338 e. The van der Waals surface area contributed by atoms with Crippen LogP contribution in [0.15, 0.2) is 17.2 Å². The molecule has 1 aliphatic carbocycles. The Morgan fingerprint density at radius 2 is 2.23 bits per heavy atom. The zero-order valence-corrected chi connectivity index (χ0v) is 12.9. The van der Waals surface area contributed by atoms with Gasteiger partial charge in [-0.1, -0.05) is 11.6 Å². The van der Waals surface area contributed by atoms with E-state index in [1.165, 1.54) is 32.1 Å². The number of rotatable bonds is 5. The Morgan fingerprint density at radius 1 is 1.32 bits per heavy atom. The molecule has 1 saturated heterocycles. The highest BCUT2D eigenvalue weighted by molar-refractivity contribution is 5.05. The Balaban J connectivity index is 1.49. The van der Waals surface area contributed by atoms with Gasteiger partial charge in [0.2, 0.25) is 5.89 Å². The Hall–Kier alpha value is -1.76. The van der Waals surface area contributed by atoms with Crippen LogP contribution in [0.25, 0.3) is 0 Å². The van der Waals surface area contributed by atoms with Gasteiger partial charge in [-0.25, -0.2) is 4.98 Å². The van der Waals surface area contributed by atoms with Gasteiger partial charge >= 0.3 is 0 Å². The summed E-state index contributed by atoms with van der Waals surface area (Å²) in [5.74, 6) is 2.19. The highest BCUT2D eigenvalue weighted by Gasteiger charge is 2.33. The lowest BCUT2D eigenvalue weighted by atomic mass is 10.00. The predicted molar refractivity (Wildman–Crippen MR) is 79.1 cm³/mol. The van der Waals surface area contributed by atoms with Crippen molar-refractivity contribution >= 4 is 0 Å². The first-order chi connectivity index (χ1) is 10.8. The summed E-state index contributed by atoms with van der Waals surface area (Å²) in [6.45, 7) is 4.11. The fraction of sp³-hybridized carbons (Fsp3) is 0.733. The van der Waals surface area contributed by atoms with Crippen molar-refractivity contribution in [1.29, 1.82) is 0 Å². The molecule has 0 N–H and O–H groups in total. The van der Waals surface area contributed by atoms with Crippen molar-refractivity contribution in [2.45, 2.75) is 63.6 Å². The van der Waals surface area contributed by atoms with Crippen LogP contribution in [0, 0.1) is 0 Å². The fourth-order valence-corrected chi connectivity index (χ4v) is 3.34. The van der Waals surface area contributed by atoms with Gasteiger partial charge in [0.05, 0.1) is 12.6 Å². The van der Waals surface area contributed by atoms with Crippen molar-refractivity contribution in [2.24, 2.45) is 0 Å². The quantitative estimate of drug-likeness (QED) is 0.842. The summed E-state index contributed by atoms with van der Waals surface area (Å²) in [5.41, 5.74) is 0. The average Bonchev–Trinajstić information content (AvgIpc) is 3.06. The molecule has 1 aliphatic heterocycles. The third-order valence-electron chi connectivity index (χ3n) is 4.79. The van der Waals surface area contributed by atoms with Crippen LogP contribution in [0.2, 0.25) is 0 Å². The first-order valence-electron chi connectivity index (χ1n) is 8.23. The second-order valence-corrected chi connectivity index (χ2v) is 6.45. The maximum Gasteiger partial charge on any atom is 0.243 e. The predicted octanol–water partition coefficient (Wildman–Crippen LogP) is 2.15. The second kappa shape index (κ2) is 5.79. The van der Waals surface area contributed by atoms with Crippen LogP contribution in [0.5, 0.6) is 0 Å². The van der Waals surface area contributed by atoms with E-state index in [0.717, 1.165) is 24.8 Å². The number of likely N-dealkylation sites (tertiary alicyclic amines) is 1. The Kier molecular flexibility index (Phi) is 3.65. The average molecular weight is 302 g/mol. The van der Waals surface area contributed by atoms with Gasteiger partial charge < -0.3 is 4.52 Å². The molecule has 7 nitrogen and oxygen atoms in total.